The Labute approximate surface area is 114 Å². The molecule has 0 aliphatic rings. The van der Waals surface area contributed by atoms with E-state index in [0.717, 1.165) is 0 Å². The zero-order valence-electron chi connectivity index (χ0n) is 9.82. The summed E-state index contributed by atoms with van der Waals surface area (Å²) < 4.78 is 26.7. The molecular weight excluding hydrogens is 324 g/mol. The van der Waals surface area contributed by atoms with Crippen LogP contribution in [0.2, 0.25) is 0 Å². The molecule has 0 atom stereocenters. The molecule has 3 N–H and O–H groups in total. The molecule has 18 heavy (non-hydrogen) atoms. The lowest BCUT2D eigenvalue weighted by molar-refractivity contribution is -0.119. The number of carbonyl (C=O) groups excluding carboxylic acids is 1. The van der Waals surface area contributed by atoms with E-state index in [1.165, 1.54) is 19.3 Å². The summed E-state index contributed by atoms with van der Waals surface area (Å²) in [6.45, 7) is -0.325. The Morgan fingerprint density at radius 2 is 2.11 bits per heavy atom. The van der Waals surface area contributed by atoms with Crippen molar-refractivity contribution in [3.8, 4) is 0 Å². The molecule has 1 rings (SSSR count). The van der Waals surface area contributed by atoms with Gasteiger partial charge in [-0.25, -0.2) is 18.1 Å². The highest BCUT2D eigenvalue weighted by Gasteiger charge is 2.20. The lowest BCUT2D eigenvalue weighted by Crippen LogP contribution is -2.35. The third-order valence-corrected chi connectivity index (χ3v) is 3.90. The van der Waals surface area contributed by atoms with E-state index in [9.17, 15) is 13.2 Å². The second-order valence-corrected chi connectivity index (χ2v) is 5.90. The van der Waals surface area contributed by atoms with Gasteiger partial charge in [0.1, 0.15) is 10.7 Å². The summed E-state index contributed by atoms with van der Waals surface area (Å²) in [6.07, 6.45) is 1.48. The van der Waals surface area contributed by atoms with Crippen molar-refractivity contribution in [1.82, 2.24) is 15.0 Å². The number of carbonyl (C=O) groups is 1. The smallest absolute Gasteiger partial charge is 0.244 e. The number of likely N-dealkylation sites (N-methyl/N-ethyl adjacent to an activating group) is 1. The summed E-state index contributed by atoms with van der Waals surface area (Å²) in [5, 5.41) is 5.00. The number of hydrogen-bond acceptors (Lipinski definition) is 5. The molecule has 9 heteroatoms. The maximum atomic E-state index is 12.0. The molecule has 100 valence electrons. The van der Waals surface area contributed by atoms with Crippen LogP contribution in [0.4, 0.5) is 5.82 Å². The molecule has 0 aliphatic heterocycles. The van der Waals surface area contributed by atoms with Gasteiger partial charge in [0.05, 0.1) is 6.54 Å². The Balaban J connectivity index is 3.04. The molecule has 1 heterocycles. The summed E-state index contributed by atoms with van der Waals surface area (Å²) in [4.78, 5) is 14.9. The van der Waals surface area contributed by atoms with Crippen LogP contribution in [-0.4, -0.2) is 39.9 Å². The normalized spacial score (nSPS) is 11.1. The molecular formula is C9H13BrN4O3S. The Morgan fingerprint density at radius 3 is 2.67 bits per heavy atom. The number of amides is 1. The number of nitrogens with one attached hydrogen (secondary N) is 3. The number of hydrogen-bond donors (Lipinski definition) is 3. The molecule has 0 unspecified atom stereocenters. The summed E-state index contributed by atoms with van der Waals surface area (Å²) >= 11 is 3.15. The topological polar surface area (TPSA) is 100 Å². The minimum absolute atomic E-state index is 0.0247. The molecule has 0 fully saturated rings. The summed E-state index contributed by atoms with van der Waals surface area (Å²) in [5.74, 6) is -0.213. The first-order valence-corrected chi connectivity index (χ1v) is 7.22. The Hall–Kier alpha value is -1.19. The molecule has 0 aliphatic carbocycles. The van der Waals surface area contributed by atoms with Crippen LogP contribution in [0.15, 0.2) is 21.6 Å². The van der Waals surface area contributed by atoms with E-state index in [0.29, 0.717) is 4.47 Å². The summed E-state index contributed by atoms with van der Waals surface area (Å²) in [7, 11) is -0.806. The highest BCUT2D eigenvalue weighted by Crippen LogP contribution is 2.22. The largest absolute Gasteiger partial charge is 0.372 e. The molecule has 0 saturated carbocycles. The van der Waals surface area contributed by atoms with Crippen molar-refractivity contribution in [1.29, 1.82) is 0 Å². The average Bonchev–Trinajstić information content (AvgIpc) is 2.36. The van der Waals surface area contributed by atoms with Crippen LogP contribution in [0.25, 0.3) is 0 Å². The lowest BCUT2D eigenvalue weighted by atomic mass is 10.4. The van der Waals surface area contributed by atoms with Gasteiger partial charge >= 0.3 is 0 Å². The average molecular weight is 337 g/mol. The molecule has 1 aromatic heterocycles. The number of nitrogens with zero attached hydrogens (tertiary/aromatic N) is 1. The van der Waals surface area contributed by atoms with Crippen molar-refractivity contribution in [2.24, 2.45) is 0 Å². The summed E-state index contributed by atoms with van der Waals surface area (Å²) in [6, 6.07) is 1.41. The fourth-order valence-corrected chi connectivity index (χ4v) is 2.79. The van der Waals surface area contributed by atoms with Gasteiger partial charge in [0.15, 0.2) is 0 Å². The van der Waals surface area contributed by atoms with E-state index >= 15 is 0 Å². The SMILES string of the molecule is CNC(=O)CNS(=O)(=O)c1cc(Br)cnc1NC. The molecule has 0 bridgehead atoms. The third-order valence-electron chi connectivity index (χ3n) is 2.05. The zero-order chi connectivity index (χ0) is 13.8. The minimum atomic E-state index is -3.80. The van der Waals surface area contributed by atoms with Gasteiger partial charge in [-0.1, -0.05) is 0 Å². The number of sulfonamides is 1. The molecule has 7 nitrogen and oxygen atoms in total. The molecule has 0 aromatic carbocycles. The fraction of sp³-hybridized carbons (Fsp3) is 0.333. The van der Waals surface area contributed by atoms with Crippen molar-refractivity contribution < 1.29 is 13.2 Å². The van der Waals surface area contributed by atoms with Crippen LogP contribution in [0.3, 0.4) is 0 Å². The highest BCUT2D eigenvalue weighted by molar-refractivity contribution is 9.10. The van der Waals surface area contributed by atoms with Gasteiger partial charge in [-0.3, -0.25) is 4.79 Å². The molecule has 0 radical (unpaired) electrons. The molecule has 1 amide bonds. The van der Waals surface area contributed by atoms with Crippen molar-refractivity contribution >= 4 is 37.7 Å². The first-order valence-electron chi connectivity index (χ1n) is 4.94. The van der Waals surface area contributed by atoms with Crippen LogP contribution in [0, 0.1) is 0 Å². The molecule has 0 saturated heterocycles. The van der Waals surface area contributed by atoms with Gasteiger partial charge in [0, 0.05) is 24.8 Å². The quantitative estimate of drug-likeness (QED) is 0.697. The van der Waals surface area contributed by atoms with Gasteiger partial charge in [0.25, 0.3) is 0 Å². The summed E-state index contributed by atoms with van der Waals surface area (Å²) in [5.41, 5.74) is 0. The van der Waals surface area contributed by atoms with E-state index in [1.54, 1.807) is 7.05 Å². The van der Waals surface area contributed by atoms with E-state index in [4.69, 9.17) is 0 Å². The van der Waals surface area contributed by atoms with Gasteiger partial charge in [-0.15, -0.1) is 0 Å². The predicted octanol–water partition coefficient (Wildman–Crippen LogP) is -0.0899. The number of aromatic nitrogens is 1. The van der Waals surface area contributed by atoms with Crippen LogP contribution in [0.5, 0.6) is 0 Å². The molecule has 0 spiro atoms. The fourth-order valence-electron chi connectivity index (χ4n) is 1.14. The lowest BCUT2D eigenvalue weighted by Gasteiger charge is -2.10. The van der Waals surface area contributed by atoms with E-state index < -0.39 is 15.9 Å². The van der Waals surface area contributed by atoms with Gasteiger partial charge < -0.3 is 10.6 Å². The Kier molecular flexibility index (Phi) is 5.05. The minimum Gasteiger partial charge on any atom is -0.372 e. The second kappa shape index (κ2) is 6.12. The first-order chi connectivity index (χ1) is 8.40. The van der Waals surface area contributed by atoms with Crippen LogP contribution in [0.1, 0.15) is 0 Å². The second-order valence-electron chi connectivity index (χ2n) is 3.25. The standard InChI is InChI=1S/C9H13BrN4O3S/c1-11-8(15)5-14-18(16,17)7-3-6(10)4-13-9(7)12-2/h3-4,14H,5H2,1-2H3,(H,11,15)(H,12,13). The van der Waals surface area contributed by atoms with Gasteiger partial charge in [-0.2, -0.15) is 0 Å². The Morgan fingerprint density at radius 1 is 1.44 bits per heavy atom. The number of rotatable bonds is 5. The van der Waals surface area contributed by atoms with E-state index in [2.05, 4.69) is 36.3 Å². The van der Waals surface area contributed by atoms with E-state index in [-0.39, 0.29) is 17.3 Å². The van der Waals surface area contributed by atoms with Crippen LogP contribution >= 0.6 is 15.9 Å². The van der Waals surface area contributed by atoms with Crippen molar-refractivity contribution in [3.05, 3.63) is 16.7 Å². The molecule has 1 aromatic rings. The number of halogens is 1. The maximum Gasteiger partial charge on any atom is 0.244 e. The van der Waals surface area contributed by atoms with Crippen molar-refractivity contribution in [2.45, 2.75) is 4.90 Å². The van der Waals surface area contributed by atoms with Crippen LogP contribution < -0.4 is 15.4 Å². The van der Waals surface area contributed by atoms with E-state index in [1.807, 2.05) is 0 Å². The first kappa shape index (κ1) is 14.9. The highest BCUT2D eigenvalue weighted by atomic mass is 79.9. The zero-order valence-corrected chi connectivity index (χ0v) is 12.2. The van der Waals surface area contributed by atoms with Crippen LogP contribution in [-0.2, 0) is 14.8 Å². The number of pyridine rings is 1. The third kappa shape index (κ3) is 3.65. The maximum absolute atomic E-state index is 12.0. The Bertz CT molecular complexity index is 547. The number of anilines is 1. The van der Waals surface area contributed by atoms with Gasteiger partial charge in [0.2, 0.25) is 15.9 Å². The van der Waals surface area contributed by atoms with Gasteiger partial charge in [-0.05, 0) is 22.0 Å². The predicted molar refractivity (Wildman–Crippen MR) is 70.7 cm³/mol. The monoisotopic (exact) mass is 336 g/mol. The van der Waals surface area contributed by atoms with Crippen molar-refractivity contribution in [2.75, 3.05) is 26.0 Å². The van der Waals surface area contributed by atoms with Crippen molar-refractivity contribution in [3.63, 3.8) is 0 Å².